The van der Waals surface area contributed by atoms with Crippen LogP contribution in [-0.4, -0.2) is 25.4 Å². The van der Waals surface area contributed by atoms with E-state index < -0.39 is 24.1 Å². The molecule has 0 spiro atoms. The summed E-state index contributed by atoms with van der Waals surface area (Å²) in [5.41, 5.74) is 0.783. The zero-order valence-electron chi connectivity index (χ0n) is 16.1. The molecule has 7 heteroatoms. The van der Waals surface area contributed by atoms with E-state index >= 15 is 0 Å². The van der Waals surface area contributed by atoms with Gasteiger partial charge in [0.05, 0.1) is 23.3 Å². The summed E-state index contributed by atoms with van der Waals surface area (Å²) in [6.07, 6.45) is 0. The molecule has 0 amide bonds. The van der Waals surface area contributed by atoms with Gasteiger partial charge in [-0.25, -0.2) is 4.39 Å². The molecule has 1 fully saturated rings. The third-order valence-corrected chi connectivity index (χ3v) is 5.38. The summed E-state index contributed by atoms with van der Waals surface area (Å²) >= 11 is 5.81. The second-order valence-electron chi connectivity index (χ2n) is 7.54. The maximum atomic E-state index is 13.3. The quantitative estimate of drug-likeness (QED) is 0.708. The number of rotatable bonds is 5. The number of hydrogen-bond donors (Lipinski definition) is 0. The van der Waals surface area contributed by atoms with E-state index in [-0.39, 0.29) is 11.6 Å². The Hall–Kier alpha value is -1.76. The van der Waals surface area contributed by atoms with Crippen LogP contribution >= 0.6 is 11.6 Å². The molecule has 0 radical (unpaired) electrons. The standard InChI is InChI=1S/C20H23BClFO4/c1-19(2)20(3,4)27-21(26-19)14-7-9-17(18(11-14)24-5)25-12-13-6-8-16(23)15(22)10-13/h6-11H,12H2,1-5H3. The van der Waals surface area contributed by atoms with Gasteiger partial charge in [-0.05, 0) is 63.0 Å². The summed E-state index contributed by atoms with van der Waals surface area (Å²) in [6.45, 7) is 8.28. The molecule has 0 unspecified atom stereocenters. The number of hydrogen-bond acceptors (Lipinski definition) is 4. The fourth-order valence-electron chi connectivity index (χ4n) is 2.72. The molecule has 1 aliphatic heterocycles. The first-order valence-electron chi connectivity index (χ1n) is 8.73. The van der Waals surface area contributed by atoms with Crippen molar-refractivity contribution < 1.29 is 23.2 Å². The predicted molar refractivity (Wildman–Crippen MR) is 104 cm³/mol. The summed E-state index contributed by atoms with van der Waals surface area (Å²) in [7, 11) is 1.10. The van der Waals surface area contributed by atoms with E-state index in [0.717, 1.165) is 11.0 Å². The molecule has 0 saturated carbocycles. The number of halogens is 2. The van der Waals surface area contributed by atoms with Crippen molar-refractivity contribution in [2.75, 3.05) is 7.11 Å². The number of methoxy groups -OCH3 is 1. The fraction of sp³-hybridized carbons (Fsp3) is 0.400. The second kappa shape index (κ2) is 7.34. The van der Waals surface area contributed by atoms with Crippen LogP contribution in [-0.2, 0) is 15.9 Å². The molecular formula is C20H23BClFO4. The van der Waals surface area contributed by atoms with Gasteiger partial charge in [-0.15, -0.1) is 0 Å². The van der Waals surface area contributed by atoms with Gasteiger partial charge in [-0.2, -0.15) is 0 Å². The van der Waals surface area contributed by atoms with E-state index in [0.29, 0.717) is 11.5 Å². The Balaban J connectivity index is 1.76. The predicted octanol–water partition coefficient (Wildman–Crippen LogP) is 4.37. The lowest BCUT2D eigenvalue weighted by molar-refractivity contribution is 0.00578. The van der Waals surface area contributed by atoms with Crippen LogP contribution in [0.15, 0.2) is 36.4 Å². The van der Waals surface area contributed by atoms with E-state index in [2.05, 4.69) is 0 Å². The molecule has 0 aliphatic carbocycles. The first kappa shape index (κ1) is 20.0. The van der Waals surface area contributed by atoms with Crippen LogP contribution in [0, 0.1) is 5.82 Å². The Kier molecular flexibility index (Phi) is 5.44. The molecule has 2 aromatic carbocycles. The minimum Gasteiger partial charge on any atom is -0.493 e. The van der Waals surface area contributed by atoms with E-state index in [1.807, 2.05) is 45.9 Å². The summed E-state index contributed by atoms with van der Waals surface area (Å²) in [5.74, 6) is 0.679. The maximum absolute atomic E-state index is 13.3. The fourth-order valence-corrected chi connectivity index (χ4v) is 2.92. The van der Waals surface area contributed by atoms with Crippen molar-refractivity contribution in [3.05, 3.63) is 52.8 Å². The maximum Gasteiger partial charge on any atom is 0.494 e. The molecule has 3 rings (SSSR count). The van der Waals surface area contributed by atoms with Crippen molar-refractivity contribution in [2.45, 2.75) is 45.5 Å². The summed E-state index contributed by atoms with van der Waals surface area (Å²) in [4.78, 5) is 0. The Bertz CT molecular complexity index is 825. The minimum absolute atomic E-state index is 0.0687. The topological polar surface area (TPSA) is 36.9 Å². The Morgan fingerprint density at radius 1 is 1.00 bits per heavy atom. The Morgan fingerprint density at radius 3 is 2.26 bits per heavy atom. The van der Waals surface area contributed by atoms with Crippen LogP contribution in [0.1, 0.15) is 33.3 Å². The smallest absolute Gasteiger partial charge is 0.493 e. The first-order chi connectivity index (χ1) is 12.6. The van der Waals surface area contributed by atoms with Crippen LogP contribution < -0.4 is 14.9 Å². The normalized spacial score (nSPS) is 17.8. The van der Waals surface area contributed by atoms with Crippen LogP contribution in [0.4, 0.5) is 4.39 Å². The zero-order chi connectivity index (χ0) is 19.8. The monoisotopic (exact) mass is 392 g/mol. The third-order valence-electron chi connectivity index (χ3n) is 5.09. The van der Waals surface area contributed by atoms with Gasteiger partial charge in [-0.3, -0.25) is 0 Å². The molecule has 0 N–H and O–H groups in total. The van der Waals surface area contributed by atoms with Crippen molar-refractivity contribution in [1.29, 1.82) is 0 Å². The number of benzene rings is 2. The molecule has 4 nitrogen and oxygen atoms in total. The molecule has 0 bridgehead atoms. The first-order valence-corrected chi connectivity index (χ1v) is 9.11. The lowest BCUT2D eigenvalue weighted by atomic mass is 9.79. The molecular weight excluding hydrogens is 369 g/mol. The lowest BCUT2D eigenvalue weighted by Gasteiger charge is -2.32. The molecule has 1 saturated heterocycles. The van der Waals surface area contributed by atoms with Crippen LogP contribution in [0.25, 0.3) is 0 Å². The van der Waals surface area contributed by atoms with Gasteiger partial charge in [0.2, 0.25) is 0 Å². The van der Waals surface area contributed by atoms with Crippen LogP contribution in [0.5, 0.6) is 11.5 Å². The van der Waals surface area contributed by atoms with Crippen molar-refractivity contribution in [3.63, 3.8) is 0 Å². The van der Waals surface area contributed by atoms with Gasteiger partial charge in [0, 0.05) is 0 Å². The minimum atomic E-state index is -0.478. The Labute approximate surface area is 164 Å². The average molecular weight is 393 g/mol. The van der Waals surface area contributed by atoms with E-state index in [9.17, 15) is 4.39 Å². The van der Waals surface area contributed by atoms with E-state index in [1.54, 1.807) is 19.2 Å². The molecule has 27 heavy (non-hydrogen) atoms. The average Bonchev–Trinajstić information content (AvgIpc) is 2.83. The van der Waals surface area contributed by atoms with Gasteiger partial charge < -0.3 is 18.8 Å². The van der Waals surface area contributed by atoms with Crippen molar-refractivity contribution in [2.24, 2.45) is 0 Å². The highest BCUT2D eigenvalue weighted by molar-refractivity contribution is 6.62. The van der Waals surface area contributed by atoms with E-state index in [4.69, 9.17) is 30.4 Å². The second-order valence-corrected chi connectivity index (χ2v) is 7.94. The summed E-state index contributed by atoms with van der Waals surface area (Å²) in [5, 5.41) is 0.0687. The van der Waals surface area contributed by atoms with Crippen molar-refractivity contribution in [1.82, 2.24) is 0 Å². The van der Waals surface area contributed by atoms with Crippen LogP contribution in [0.3, 0.4) is 0 Å². The molecule has 1 aliphatic rings. The number of ether oxygens (including phenoxy) is 2. The summed E-state index contributed by atoms with van der Waals surface area (Å²) < 4.78 is 36.7. The van der Waals surface area contributed by atoms with Gasteiger partial charge in [0.1, 0.15) is 12.4 Å². The highest BCUT2D eigenvalue weighted by Crippen LogP contribution is 2.37. The molecule has 1 heterocycles. The largest absolute Gasteiger partial charge is 0.494 e. The van der Waals surface area contributed by atoms with Gasteiger partial charge in [0.25, 0.3) is 0 Å². The SMILES string of the molecule is COc1cc(B2OC(C)(C)C(C)(C)O2)ccc1OCc1ccc(F)c(Cl)c1. The van der Waals surface area contributed by atoms with Crippen molar-refractivity contribution >= 4 is 24.2 Å². The third kappa shape index (κ3) is 4.08. The molecule has 0 aromatic heterocycles. The van der Waals surface area contributed by atoms with Gasteiger partial charge in [-0.1, -0.05) is 23.7 Å². The van der Waals surface area contributed by atoms with Crippen LogP contribution in [0.2, 0.25) is 5.02 Å². The highest BCUT2D eigenvalue weighted by atomic mass is 35.5. The zero-order valence-corrected chi connectivity index (χ0v) is 16.9. The molecule has 2 aromatic rings. The molecule has 144 valence electrons. The summed E-state index contributed by atoms with van der Waals surface area (Å²) in [6, 6.07) is 10.0. The highest BCUT2D eigenvalue weighted by Gasteiger charge is 2.51. The lowest BCUT2D eigenvalue weighted by Crippen LogP contribution is -2.41. The van der Waals surface area contributed by atoms with Gasteiger partial charge >= 0.3 is 7.12 Å². The Morgan fingerprint density at radius 2 is 1.67 bits per heavy atom. The van der Waals surface area contributed by atoms with E-state index in [1.165, 1.54) is 6.07 Å². The molecule has 0 atom stereocenters. The van der Waals surface area contributed by atoms with Gasteiger partial charge in [0.15, 0.2) is 11.5 Å². The van der Waals surface area contributed by atoms with Crippen molar-refractivity contribution in [3.8, 4) is 11.5 Å².